The van der Waals surface area contributed by atoms with Crippen molar-refractivity contribution in [3.05, 3.63) is 21.9 Å². The Morgan fingerprint density at radius 2 is 1.92 bits per heavy atom. The third-order valence-electron chi connectivity index (χ3n) is 2.35. The molecular weight excluding hydrogens is 176 g/mol. The highest BCUT2D eigenvalue weighted by molar-refractivity contribution is 7.08. The van der Waals surface area contributed by atoms with Crippen LogP contribution in [0.5, 0.6) is 0 Å². The zero-order chi connectivity index (χ0) is 9.90. The SMILES string of the molecule is CCCCc1cscc1C(C)(C)C. The van der Waals surface area contributed by atoms with Crippen LogP contribution in [-0.2, 0) is 11.8 Å². The van der Waals surface area contributed by atoms with E-state index in [-0.39, 0.29) is 0 Å². The molecule has 0 aliphatic carbocycles. The monoisotopic (exact) mass is 196 g/mol. The molecule has 0 amide bonds. The normalized spacial score (nSPS) is 12.0. The molecule has 0 aliphatic rings. The van der Waals surface area contributed by atoms with Gasteiger partial charge in [0, 0.05) is 0 Å². The summed E-state index contributed by atoms with van der Waals surface area (Å²) in [5.74, 6) is 0. The Bertz CT molecular complexity index is 252. The van der Waals surface area contributed by atoms with E-state index in [1.54, 1.807) is 11.1 Å². The minimum absolute atomic E-state index is 0.322. The van der Waals surface area contributed by atoms with Crippen LogP contribution in [0.3, 0.4) is 0 Å². The maximum Gasteiger partial charge on any atom is -0.00531 e. The minimum Gasteiger partial charge on any atom is -0.152 e. The van der Waals surface area contributed by atoms with E-state index in [9.17, 15) is 0 Å². The lowest BCUT2D eigenvalue weighted by molar-refractivity contribution is 0.583. The number of unbranched alkanes of at least 4 members (excludes halogenated alkanes) is 1. The fourth-order valence-electron chi connectivity index (χ4n) is 1.54. The summed E-state index contributed by atoms with van der Waals surface area (Å²) in [6.07, 6.45) is 3.87. The van der Waals surface area contributed by atoms with Gasteiger partial charge < -0.3 is 0 Å². The standard InChI is InChI=1S/C12H20S/c1-5-6-7-10-8-13-9-11(10)12(2,3)4/h8-9H,5-7H2,1-4H3. The summed E-state index contributed by atoms with van der Waals surface area (Å²) in [5.41, 5.74) is 3.44. The van der Waals surface area contributed by atoms with Crippen molar-refractivity contribution in [2.24, 2.45) is 0 Å². The van der Waals surface area contributed by atoms with E-state index < -0.39 is 0 Å². The Morgan fingerprint density at radius 3 is 2.46 bits per heavy atom. The van der Waals surface area contributed by atoms with E-state index in [2.05, 4.69) is 38.5 Å². The Balaban J connectivity index is 2.77. The molecule has 0 nitrogen and oxygen atoms in total. The zero-order valence-corrected chi connectivity index (χ0v) is 10.0. The van der Waals surface area contributed by atoms with Crippen LogP contribution in [0.4, 0.5) is 0 Å². The van der Waals surface area contributed by atoms with Gasteiger partial charge in [-0.3, -0.25) is 0 Å². The minimum atomic E-state index is 0.322. The highest BCUT2D eigenvalue weighted by atomic mass is 32.1. The van der Waals surface area contributed by atoms with Crippen LogP contribution in [-0.4, -0.2) is 0 Å². The summed E-state index contributed by atoms with van der Waals surface area (Å²) in [4.78, 5) is 0. The first-order chi connectivity index (χ1) is 6.05. The van der Waals surface area contributed by atoms with Crippen LogP contribution in [0.25, 0.3) is 0 Å². The molecule has 1 heterocycles. The van der Waals surface area contributed by atoms with Crippen molar-refractivity contribution in [3.8, 4) is 0 Å². The van der Waals surface area contributed by atoms with Crippen molar-refractivity contribution in [2.45, 2.75) is 52.4 Å². The lowest BCUT2D eigenvalue weighted by Gasteiger charge is -2.19. The fraction of sp³-hybridized carbons (Fsp3) is 0.667. The Labute approximate surface area is 86.0 Å². The van der Waals surface area contributed by atoms with Crippen molar-refractivity contribution < 1.29 is 0 Å². The first-order valence-electron chi connectivity index (χ1n) is 5.11. The lowest BCUT2D eigenvalue weighted by Crippen LogP contribution is -2.12. The fourth-order valence-corrected chi connectivity index (χ4v) is 2.66. The van der Waals surface area contributed by atoms with Gasteiger partial charge in [-0.05, 0) is 40.1 Å². The lowest BCUT2D eigenvalue weighted by atomic mass is 9.85. The Kier molecular flexibility index (Phi) is 3.55. The van der Waals surface area contributed by atoms with Crippen LogP contribution in [0, 0.1) is 0 Å². The summed E-state index contributed by atoms with van der Waals surface area (Å²) in [6, 6.07) is 0. The second-order valence-corrected chi connectivity index (χ2v) is 5.41. The van der Waals surface area contributed by atoms with E-state index in [4.69, 9.17) is 0 Å². The molecule has 1 aromatic rings. The molecule has 0 aromatic carbocycles. The summed E-state index contributed by atoms with van der Waals surface area (Å²) in [6.45, 7) is 9.14. The van der Waals surface area contributed by atoms with Gasteiger partial charge in [0.2, 0.25) is 0 Å². The van der Waals surface area contributed by atoms with Crippen LogP contribution in [0.1, 0.15) is 51.7 Å². The van der Waals surface area contributed by atoms with Gasteiger partial charge in [0.1, 0.15) is 0 Å². The van der Waals surface area contributed by atoms with Gasteiger partial charge in [-0.15, -0.1) is 0 Å². The summed E-state index contributed by atoms with van der Waals surface area (Å²) >= 11 is 1.84. The van der Waals surface area contributed by atoms with Crippen molar-refractivity contribution >= 4 is 11.3 Å². The molecule has 0 aliphatic heterocycles. The van der Waals surface area contributed by atoms with E-state index in [0.717, 1.165) is 0 Å². The van der Waals surface area contributed by atoms with Gasteiger partial charge in [0.25, 0.3) is 0 Å². The topological polar surface area (TPSA) is 0 Å². The van der Waals surface area contributed by atoms with Gasteiger partial charge in [0.05, 0.1) is 0 Å². The predicted octanol–water partition coefficient (Wildman–Crippen LogP) is 4.39. The predicted molar refractivity (Wildman–Crippen MR) is 61.6 cm³/mol. The maximum atomic E-state index is 2.32. The molecule has 0 unspecified atom stereocenters. The number of thiophene rings is 1. The molecule has 74 valence electrons. The number of hydrogen-bond donors (Lipinski definition) is 0. The quantitative estimate of drug-likeness (QED) is 0.672. The number of hydrogen-bond acceptors (Lipinski definition) is 1. The summed E-state index contributed by atoms with van der Waals surface area (Å²) in [7, 11) is 0. The van der Waals surface area contributed by atoms with Crippen LogP contribution >= 0.6 is 11.3 Å². The van der Waals surface area contributed by atoms with Gasteiger partial charge >= 0.3 is 0 Å². The van der Waals surface area contributed by atoms with Crippen LogP contribution in [0.15, 0.2) is 10.8 Å². The molecule has 0 spiro atoms. The van der Waals surface area contributed by atoms with Crippen LogP contribution < -0.4 is 0 Å². The van der Waals surface area contributed by atoms with Gasteiger partial charge in [-0.2, -0.15) is 11.3 Å². The molecule has 0 bridgehead atoms. The van der Waals surface area contributed by atoms with Crippen molar-refractivity contribution in [1.82, 2.24) is 0 Å². The molecule has 0 saturated carbocycles. The van der Waals surface area contributed by atoms with Gasteiger partial charge in [0.15, 0.2) is 0 Å². The van der Waals surface area contributed by atoms with E-state index in [0.29, 0.717) is 5.41 Å². The molecule has 1 rings (SSSR count). The second kappa shape index (κ2) is 4.28. The summed E-state index contributed by atoms with van der Waals surface area (Å²) < 4.78 is 0. The molecule has 0 N–H and O–H groups in total. The Hall–Kier alpha value is -0.300. The molecule has 13 heavy (non-hydrogen) atoms. The van der Waals surface area contributed by atoms with Crippen molar-refractivity contribution in [2.75, 3.05) is 0 Å². The average molecular weight is 196 g/mol. The molecule has 0 atom stereocenters. The first kappa shape index (κ1) is 10.8. The first-order valence-corrected chi connectivity index (χ1v) is 6.05. The van der Waals surface area contributed by atoms with Gasteiger partial charge in [-0.25, -0.2) is 0 Å². The highest BCUT2D eigenvalue weighted by Crippen LogP contribution is 2.29. The third kappa shape index (κ3) is 2.84. The number of aryl methyl sites for hydroxylation is 1. The second-order valence-electron chi connectivity index (χ2n) is 4.66. The molecule has 0 saturated heterocycles. The molecular formula is C12H20S. The summed E-state index contributed by atoms with van der Waals surface area (Å²) in [5, 5.41) is 4.63. The largest absolute Gasteiger partial charge is 0.152 e. The Morgan fingerprint density at radius 1 is 1.23 bits per heavy atom. The smallest absolute Gasteiger partial charge is 0.00531 e. The number of rotatable bonds is 3. The van der Waals surface area contributed by atoms with Gasteiger partial charge in [-0.1, -0.05) is 34.1 Å². The third-order valence-corrected chi connectivity index (χ3v) is 3.14. The van der Waals surface area contributed by atoms with Crippen molar-refractivity contribution in [1.29, 1.82) is 0 Å². The van der Waals surface area contributed by atoms with Crippen molar-refractivity contribution in [3.63, 3.8) is 0 Å². The van der Waals surface area contributed by atoms with E-state index in [1.165, 1.54) is 19.3 Å². The maximum absolute atomic E-state index is 2.32. The highest BCUT2D eigenvalue weighted by Gasteiger charge is 2.17. The average Bonchev–Trinajstić information content (AvgIpc) is 2.47. The molecule has 1 heteroatoms. The van der Waals surface area contributed by atoms with E-state index in [1.807, 2.05) is 11.3 Å². The zero-order valence-electron chi connectivity index (χ0n) is 9.18. The molecule has 1 aromatic heterocycles. The van der Waals surface area contributed by atoms with E-state index >= 15 is 0 Å². The van der Waals surface area contributed by atoms with Crippen LogP contribution in [0.2, 0.25) is 0 Å². The molecule has 0 radical (unpaired) electrons. The molecule has 0 fully saturated rings.